The first-order valence-corrected chi connectivity index (χ1v) is 8.53. The van der Waals surface area contributed by atoms with E-state index >= 15 is 0 Å². The molecule has 2 heterocycles. The van der Waals surface area contributed by atoms with Gasteiger partial charge in [0.2, 0.25) is 0 Å². The molecular formula is C20H16ClN5. The summed E-state index contributed by atoms with van der Waals surface area (Å²) in [5.41, 5.74) is 3.79. The Labute approximate surface area is 156 Å². The van der Waals surface area contributed by atoms with Gasteiger partial charge in [0, 0.05) is 28.4 Å². The zero-order valence-electron chi connectivity index (χ0n) is 14.1. The number of hydrogen-bond donors (Lipinski definition) is 2. The van der Waals surface area contributed by atoms with Gasteiger partial charge in [-0.1, -0.05) is 29.8 Å². The molecule has 2 aromatic heterocycles. The van der Waals surface area contributed by atoms with Crippen molar-refractivity contribution in [1.82, 2.24) is 15.0 Å². The van der Waals surface area contributed by atoms with Crippen LogP contribution in [-0.4, -0.2) is 15.0 Å². The summed E-state index contributed by atoms with van der Waals surface area (Å²) in [6, 6.07) is 17.5. The number of pyridine rings is 1. The van der Waals surface area contributed by atoms with Gasteiger partial charge in [-0.3, -0.25) is 4.98 Å². The quantitative estimate of drug-likeness (QED) is 0.504. The first-order chi connectivity index (χ1) is 12.7. The van der Waals surface area contributed by atoms with Crippen molar-refractivity contribution in [2.24, 2.45) is 0 Å². The molecule has 0 unspecified atom stereocenters. The van der Waals surface area contributed by atoms with Gasteiger partial charge in [-0.05, 0) is 42.8 Å². The number of fused-ring (bicyclic) bond motifs is 1. The van der Waals surface area contributed by atoms with Crippen molar-refractivity contribution in [2.75, 3.05) is 10.6 Å². The van der Waals surface area contributed by atoms with E-state index < -0.39 is 0 Å². The lowest BCUT2D eigenvalue weighted by Gasteiger charge is -2.11. The van der Waals surface area contributed by atoms with Gasteiger partial charge in [0.1, 0.15) is 18.0 Å². The van der Waals surface area contributed by atoms with Gasteiger partial charge in [0.05, 0.1) is 11.2 Å². The molecule has 5 nitrogen and oxygen atoms in total. The molecule has 0 bridgehead atoms. The van der Waals surface area contributed by atoms with E-state index in [0.29, 0.717) is 16.7 Å². The fraction of sp³-hybridized carbons (Fsp3) is 0.0500. The van der Waals surface area contributed by atoms with Crippen LogP contribution >= 0.6 is 11.6 Å². The lowest BCUT2D eigenvalue weighted by molar-refractivity contribution is 1.16. The molecule has 4 rings (SSSR count). The van der Waals surface area contributed by atoms with E-state index in [1.54, 1.807) is 6.20 Å². The largest absolute Gasteiger partial charge is 0.340 e. The van der Waals surface area contributed by atoms with E-state index in [0.717, 1.165) is 27.8 Å². The van der Waals surface area contributed by atoms with Crippen molar-refractivity contribution in [2.45, 2.75) is 6.92 Å². The molecule has 0 saturated carbocycles. The minimum Gasteiger partial charge on any atom is -0.340 e. The van der Waals surface area contributed by atoms with Gasteiger partial charge in [-0.15, -0.1) is 0 Å². The summed E-state index contributed by atoms with van der Waals surface area (Å²) >= 11 is 6.01. The van der Waals surface area contributed by atoms with E-state index in [9.17, 15) is 0 Å². The maximum atomic E-state index is 6.01. The average molecular weight is 362 g/mol. The van der Waals surface area contributed by atoms with Crippen LogP contribution in [-0.2, 0) is 0 Å². The number of rotatable bonds is 4. The monoisotopic (exact) mass is 361 g/mol. The molecule has 0 aliphatic carbocycles. The Hall–Kier alpha value is -3.18. The molecule has 0 radical (unpaired) electrons. The van der Waals surface area contributed by atoms with Crippen LogP contribution in [0.3, 0.4) is 0 Å². The standard InChI is InChI=1S/C20H16ClN5/c1-13-10-15(21)7-8-16(13)25-18-11-19(24-12-23-18)26-17-6-2-4-14-5-3-9-22-20(14)17/h2-12H,1H3,(H2,23,24,25,26). The Morgan fingerprint density at radius 2 is 1.58 bits per heavy atom. The van der Waals surface area contributed by atoms with Crippen molar-refractivity contribution in [3.05, 3.63) is 77.7 Å². The highest BCUT2D eigenvalue weighted by Crippen LogP contribution is 2.26. The molecule has 128 valence electrons. The third kappa shape index (κ3) is 3.43. The highest BCUT2D eigenvalue weighted by molar-refractivity contribution is 6.30. The van der Waals surface area contributed by atoms with Crippen LogP contribution < -0.4 is 10.6 Å². The number of nitrogens with one attached hydrogen (secondary N) is 2. The van der Waals surface area contributed by atoms with E-state index in [1.807, 2.05) is 61.5 Å². The molecule has 26 heavy (non-hydrogen) atoms. The van der Waals surface area contributed by atoms with Gasteiger partial charge in [-0.2, -0.15) is 0 Å². The number of benzene rings is 2. The zero-order chi connectivity index (χ0) is 17.9. The van der Waals surface area contributed by atoms with Gasteiger partial charge in [0.15, 0.2) is 0 Å². The molecule has 0 fully saturated rings. The average Bonchev–Trinajstić information content (AvgIpc) is 2.65. The van der Waals surface area contributed by atoms with Crippen LogP contribution in [0, 0.1) is 6.92 Å². The predicted molar refractivity (Wildman–Crippen MR) is 107 cm³/mol. The van der Waals surface area contributed by atoms with E-state index in [2.05, 4.69) is 25.6 Å². The van der Waals surface area contributed by atoms with Crippen molar-refractivity contribution in [3.63, 3.8) is 0 Å². The minimum atomic E-state index is 0.687. The molecule has 0 aliphatic rings. The van der Waals surface area contributed by atoms with Gasteiger partial charge in [0.25, 0.3) is 0 Å². The molecule has 0 amide bonds. The summed E-state index contributed by atoms with van der Waals surface area (Å²) in [7, 11) is 0. The summed E-state index contributed by atoms with van der Waals surface area (Å²) < 4.78 is 0. The Kier molecular flexibility index (Phi) is 4.37. The van der Waals surface area contributed by atoms with E-state index in [4.69, 9.17) is 11.6 Å². The van der Waals surface area contributed by atoms with Gasteiger partial charge >= 0.3 is 0 Å². The van der Waals surface area contributed by atoms with E-state index in [-0.39, 0.29) is 0 Å². The van der Waals surface area contributed by atoms with Crippen molar-refractivity contribution in [1.29, 1.82) is 0 Å². The summed E-state index contributed by atoms with van der Waals surface area (Å²) in [5, 5.41) is 8.40. The van der Waals surface area contributed by atoms with Crippen LogP contribution in [0.15, 0.2) is 67.1 Å². The molecule has 6 heteroatoms. The molecule has 4 aromatic rings. The second-order valence-electron chi connectivity index (χ2n) is 5.88. The number of nitrogens with zero attached hydrogens (tertiary/aromatic N) is 3. The highest BCUT2D eigenvalue weighted by atomic mass is 35.5. The summed E-state index contributed by atoms with van der Waals surface area (Å²) in [5.74, 6) is 1.38. The lowest BCUT2D eigenvalue weighted by Crippen LogP contribution is -2.00. The fourth-order valence-corrected chi connectivity index (χ4v) is 2.97. The molecule has 0 saturated heterocycles. The summed E-state index contributed by atoms with van der Waals surface area (Å²) in [6.07, 6.45) is 3.30. The molecule has 0 aliphatic heterocycles. The number of aryl methyl sites for hydroxylation is 1. The van der Waals surface area contributed by atoms with Crippen molar-refractivity contribution >= 4 is 45.5 Å². The lowest BCUT2D eigenvalue weighted by atomic mass is 10.2. The Balaban J connectivity index is 1.61. The molecule has 0 spiro atoms. The first-order valence-electron chi connectivity index (χ1n) is 8.15. The number of aromatic nitrogens is 3. The second kappa shape index (κ2) is 6.98. The molecule has 2 N–H and O–H groups in total. The number of halogens is 1. The van der Waals surface area contributed by atoms with Crippen molar-refractivity contribution in [3.8, 4) is 0 Å². The second-order valence-corrected chi connectivity index (χ2v) is 6.31. The van der Waals surface area contributed by atoms with Crippen LogP contribution in [0.25, 0.3) is 10.9 Å². The maximum Gasteiger partial charge on any atom is 0.135 e. The molecule has 2 aromatic carbocycles. The number of para-hydroxylation sites is 1. The third-order valence-corrected chi connectivity index (χ3v) is 4.25. The SMILES string of the molecule is Cc1cc(Cl)ccc1Nc1cc(Nc2cccc3cccnc23)ncn1. The normalized spacial score (nSPS) is 10.7. The highest BCUT2D eigenvalue weighted by Gasteiger charge is 2.06. The van der Waals surface area contributed by atoms with Crippen LogP contribution in [0.2, 0.25) is 5.02 Å². The van der Waals surface area contributed by atoms with Crippen molar-refractivity contribution < 1.29 is 0 Å². The Bertz CT molecular complexity index is 1080. The Morgan fingerprint density at radius 1 is 0.808 bits per heavy atom. The topological polar surface area (TPSA) is 62.7 Å². The van der Waals surface area contributed by atoms with Gasteiger partial charge < -0.3 is 10.6 Å². The minimum absolute atomic E-state index is 0.687. The fourth-order valence-electron chi connectivity index (χ4n) is 2.74. The molecule has 0 atom stereocenters. The third-order valence-electron chi connectivity index (χ3n) is 4.01. The van der Waals surface area contributed by atoms with E-state index in [1.165, 1.54) is 6.33 Å². The number of hydrogen-bond acceptors (Lipinski definition) is 5. The smallest absolute Gasteiger partial charge is 0.135 e. The van der Waals surface area contributed by atoms with Crippen LogP contribution in [0.4, 0.5) is 23.0 Å². The van der Waals surface area contributed by atoms with Crippen LogP contribution in [0.1, 0.15) is 5.56 Å². The zero-order valence-corrected chi connectivity index (χ0v) is 14.8. The number of anilines is 4. The van der Waals surface area contributed by atoms with Gasteiger partial charge in [-0.25, -0.2) is 9.97 Å². The summed E-state index contributed by atoms with van der Waals surface area (Å²) in [4.78, 5) is 13.1. The Morgan fingerprint density at radius 3 is 2.38 bits per heavy atom. The molecular weight excluding hydrogens is 346 g/mol. The maximum absolute atomic E-state index is 6.01. The first kappa shape index (κ1) is 16.3. The van der Waals surface area contributed by atoms with Crippen LogP contribution in [0.5, 0.6) is 0 Å². The summed E-state index contributed by atoms with van der Waals surface area (Å²) in [6.45, 7) is 2.00. The predicted octanol–water partition coefficient (Wildman–Crippen LogP) is 5.47.